The molecule has 104 valence electrons. The van der Waals surface area contributed by atoms with Gasteiger partial charge >= 0.3 is 5.97 Å². The quantitative estimate of drug-likeness (QED) is 0.784. The summed E-state index contributed by atoms with van der Waals surface area (Å²) in [6, 6.07) is 6.59. The molecule has 1 aromatic heterocycles. The third-order valence-corrected chi connectivity index (χ3v) is 3.02. The van der Waals surface area contributed by atoms with Gasteiger partial charge in [-0.05, 0) is 6.92 Å². The highest BCUT2D eigenvalue weighted by Crippen LogP contribution is 2.24. The highest BCUT2D eigenvalue weighted by Gasteiger charge is 2.16. The van der Waals surface area contributed by atoms with Crippen molar-refractivity contribution in [2.45, 2.75) is 13.0 Å². The number of carbonyl (C=O) groups excluding carboxylic acids is 1. The molecule has 3 N–H and O–H groups in total. The van der Waals surface area contributed by atoms with Crippen molar-refractivity contribution in [3.63, 3.8) is 0 Å². The van der Waals surface area contributed by atoms with Crippen molar-refractivity contribution in [3.05, 3.63) is 36.0 Å². The van der Waals surface area contributed by atoms with Gasteiger partial charge < -0.3 is 15.7 Å². The summed E-state index contributed by atoms with van der Waals surface area (Å²) in [6.45, 7) is 1.71. The molecule has 0 saturated heterocycles. The van der Waals surface area contributed by atoms with Gasteiger partial charge in [-0.3, -0.25) is 4.79 Å². The van der Waals surface area contributed by atoms with Crippen molar-refractivity contribution in [1.29, 1.82) is 0 Å². The highest BCUT2D eigenvalue weighted by atomic mass is 16.4. The van der Waals surface area contributed by atoms with Crippen LogP contribution in [-0.4, -0.2) is 35.1 Å². The van der Waals surface area contributed by atoms with Gasteiger partial charge in [-0.15, -0.1) is 0 Å². The SMILES string of the molecule is CNC(=O)C(C)Nc1ncc(C(=O)O)c2ccccc12. The summed E-state index contributed by atoms with van der Waals surface area (Å²) in [4.78, 5) is 26.8. The van der Waals surface area contributed by atoms with Crippen molar-refractivity contribution >= 4 is 28.5 Å². The summed E-state index contributed by atoms with van der Waals surface area (Å²) in [5.74, 6) is -0.709. The van der Waals surface area contributed by atoms with E-state index in [0.29, 0.717) is 16.6 Å². The fraction of sp³-hybridized carbons (Fsp3) is 0.214. The summed E-state index contributed by atoms with van der Waals surface area (Å²) in [5.41, 5.74) is 0.138. The molecule has 1 unspecified atom stereocenters. The van der Waals surface area contributed by atoms with Crippen LogP contribution in [0.15, 0.2) is 30.5 Å². The number of aromatic carboxylic acids is 1. The first-order valence-corrected chi connectivity index (χ1v) is 6.13. The molecule has 1 amide bonds. The number of benzene rings is 1. The van der Waals surface area contributed by atoms with Crippen LogP contribution >= 0.6 is 0 Å². The molecule has 2 aromatic rings. The van der Waals surface area contributed by atoms with Gasteiger partial charge in [0.1, 0.15) is 11.9 Å². The van der Waals surface area contributed by atoms with E-state index in [0.717, 1.165) is 0 Å². The number of likely N-dealkylation sites (N-methyl/N-ethyl adjacent to an activating group) is 1. The van der Waals surface area contributed by atoms with E-state index in [-0.39, 0.29) is 11.5 Å². The zero-order valence-corrected chi connectivity index (χ0v) is 11.2. The fourth-order valence-electron chi connectivity index (χ4n) is 1.97. The Kier molecular flexibility index (Phi) is 3.84. The smallest absolute Gasteiger partial charge is 0.337 e. The van der Waals surface area contributed by atoms with Crippen LogP contribution in [0.3, 0.4) is 0 Å². The molecule has 1 aromatic carbocycles. The number of nitrogens with one attached hydrogen (secondary N) is 2. The molecular formula is C14H15N3O3. The Balaban J connectivity index is 2.48. The van der Waals surface area contributed by atoms with Gasteiger partial charge in [-0.25, -0.2) is 9.78 Å². The second-order valence-electron chi connectivity index (χ2n) is 4.35. The maximum atomic E-state index is 11.5. The zero-order valence-electron chi connectivity index (χ0n) is 11.2. The van der Waals surface area contributed by atoms with Crippen molar-refractivity contribution in [3.8, 4) is 0 Å². The number of nitrogens with zero attached hydrogens (tertiary/aromatic N) is 1. The number of aromatic nitrogens is 1. The summed E-state index contributed by atoms with van der Waals surface area (Å²) in [7, 11) is 1.56. The van der Waals surface area contributed by atoms with Gasteiger partial charge in [0, 0.05) is 24.0 Å². The van der Waals surface area contributed by atoms with E-state index >= 15 is 0 Å². The lowest BCUT2D eigenvalue weighted by atomic mass is 10.1. The van der Waals surface area contributed by atoms with E-state index in [1.165, 1.54) is 6.20 Å². The van der Waals surface area contributed by atoms with E-state index in [2.05, 4.69) is 15.6 Å². The molecule has 0 spiro atoms. The third kappa shape index (κ3) is 2.54. The van der Waals surface area contributed by atoms with Gasteiger partial charge in [0.2, 0.25) is 5.91 Å². The first-order valence-electron chi connectivity index (χ1n) is 6.13. The predicted molar refractivity (Wildman–Crippen MR) is 75.9 cm³/mol. The van der Waals surface area contributed by atoms with Crippen molar-refractivity contribution in [1.82, 2.24) is 10.3 Å². The van der Waals surface area contributed by atoms with E-state index < -0.39 is 12.0 Å². The first kappa shape index (κ1) is 13.8. The number of hydrogen-bond acceptors (Lipinski definition) is 4. The van der Waals surface area contributed by atoms with Crippen molar-refractivity contribution in [2.24, 2.45) is 0 Å². The molecule has 0 radical (unpaired) electrons. The lowest BCUT2D eigenvalue weighted by Crippen LogP contribution is -2.35. The van der Waals surface area contributed by atoms with Gasteiger partial charge in [0.15, 0.2) is 0 Å². The van der Waals surface area contributed by atoms with E-state index in [9.17, 15) is 9.59 Å². The molecule has 2 rings (SSSR count). The number of pyridine rings is 1. The lowest BCUT2D eigenvalue weighted by Gasteiger charge is -2.15. The Morgan fingerprint density at radius 1 is 1.25 bits per heavy atom. The second kappa shape index (κ2) is 5.56. The molecule has 0 saturated carbocycles. The topological polar surface area (TPSA) is 91.3 Å². The van der Waals surface area contributed by atoms with Crippen molar-refractivity contribution < 1.29 is 14.7 Å². The molecule has 0 fully saturated rings. The summed E-state index contributed by atoms with van der Waals surface area (Å²) in [5, 5.41) is 15.9. The molecule has 6 heteroatoms. The first-order chi connectivity index (χ1) is 9.54. The number of anilines is 1. The highest BCUT2D eigenvalue weighted by molar-refractivity contribution is 6.06. The maximum absolute atomic E-state index is 11.5. The van der Waals surface area contributed by atoms with Crippen molar-refractivity contribution in [2.75, 3.05) is 12.4 Å². The van der Waals surface area contributed by atoms with Crippen LogP contribution in [0.2, 0.25) is 0 Å². The normalized spacial score (nSPS) is 11.9. The lowest BCUT2D eigenvalue weighted by molar-refractivity contribution is -0.121. The summed E-state index contributed by atoms with van der Waals surface area (Å²) in [6.07, 6.45) is 1.30. The molecule has 0 aliphatic rings. The molecule has 20 heavy (non-hydrogen) atoms. The van der Waals surface area contributed by atoms with Crippen LogP contribution in [0.25, 0.3) is 10.8 Å². The Hall–Kier alpha value is -2.63. The number of carboxylic acids is 1. The Labute approximate surface area is 115 Å². The maximum Gasteiger partial charge on any atom is 0.337 e. The minimum Gasteiger partial charge on any atom is -0.478 e. The molecule has 0 aliphatic carbocycles. The number of hydrogen-bond donors (Lipinski definition) is 3. The standard InChI is InChI=1S/C14H15N3O3/c1-8(13(18)15-2)17-12-10-6-4-3-5-9(10)11(7-16-12)14(19)20/h3-8H,1-2H3,(H,15,18)(H,16,17)(H,19,20). The third-order valence-electron chi connectivity index (χ3n) is 3.02. The minimum atomic E-state index is -1.03. The molecule has 1 heterocycles. The summed E-state index contributed by atoms with van der Waals surface area (Å²) >= 11 is 0. The molecule has 0 bridgehead atoms. The predicted octanol–water partition coefficient (Wildman–Crippen LogP) is 1.48. The average Bonchev–Trinajstić information content (AvgIpc) is 2.46. The molecule has 6 nitrogen and oxygen atoms in total. The summed E-state index contributed by atoms with van der Waals surface area (Å²) < 4.78 is 0. The van der Waals surface area contributed by atoms with E-state index in [1.54, 1.807) is 38.2 Å². The Bertz CT molecular complexity index is 670. The van der Waals surface area contributed by atoms with Crippen LogP contribution < -0.4 is 10.6 Å². The molecule has 0 aliphatic heterocycles. The number of carbonyl (C=O) groups is 2. The number of fused-ring (bicyclic) bond motifs is 1. The largest absolute Gasteiger partial charge is 0.478 e. The van der Waals surface area contributed by atoms with Gasteiger partial charge in [0.05, 0.1) is 5.56 Å². The van der Waals surface area contributed by atoms with Gasteiger partial charge in [0.25, 0.3) is 0 Å². The molecular weight excluding hydrogens is 258 g/mol. The van der Waals surface area contributed by atoms with Gasteiger partial charge in [-0.1, -0.05) is 24.3 Å². The van der Waals surface area contributed by atoms with Crippen LogP contribution in [0.4, 0.5) is 5.82 Å². The van der Waals surface area contributed by atoms with Crippen LogP contribution in [0.1, 0.15) is 17.3 Å². The van der Waals surface area contributed by atoms with Gasteiger partial charge in [-0.2, -0.15) is 0 Å². The number of carboxylic acid groups (broad SMARTS) is 1. The Morgan fingerprint density at radius 2 is 1.90 bits per heavy atom. The van der Waals surface area contributed by atoms with Crippen LogP contribution in [0, 0.1) is 0 Å². The molecule has 1 atom stereocenters. The number of amides is 1. The number of rotatable bonds is 4. The van der Waals surface area contributed by atoms with Crippen LogP contribution in [0.5, 0.6) is 0 Å². The average molecular weight is 273 g/mol. The zero-order chi connectivity index (χ0) is 14.7. The van der Waals surface area contributed by atoms with E-state index in [4.69, 9.17) is 5.11 Å². The van der Waals surface area contributed by atoms with Crippen LogP contribution in [-0.2, 0) is 4.79 Å². The minimum absolute atomic E-state index is 0.138. The fourth-order valence-corrected chi connectivity index (χ4v) is 1.97. The monoisotopic (exact) mass is 273 g/mol. The second-order valence-corrected chi connectivity index (χ2v) is 4.35. The van der Waals surface area contributed by atoms with E-state index in [1.807, 2.05) is 0 Å². The Morgan fingerprint density at radius 3 is 2.50 bits per heavy atom.